The Morgan fingerprint density at radius 2 is 0.577 bits per heavy atom. The van der Waals surface area contributed by atoms with Crippen LogP contribution in [0.1, 0.15) is 136 Å². The molecule has 0 rings (SSSR count). The maximum atomic E-state index is 2.79. The fraction of sp³-hybridized carbons (Fsp3) is 1.00. The standard InChI is InChI=1S/C24H51N.H2Te/c1-4-7-10-13-16-19-22-25(23-20-17-14-11-8-5-2)24-21-18-15-12-9-6-3;/h4-24H2,1-3H3;1H2. The van der Waals surface area contributed by atoms with E-state index in [-0.39, 0.29) is 23.7 Å². The molecule has 0 heterocycles. The van der Waals surface area contributed by atoms with Crippen LogP contribution in [-0.4, -0.2) is 48.2 Å². The molecule has 0 bridgehead atoms. The zero-order valence-electron chi connectivity index (χ0n) is 18.8. The average Bonchev–Trinajstić information content (AvgIpc) is 2.63. The minimum atomic E-state index is 0. The predicted molar refractivity (Wildman–Crippen MR) is 125 cm³/mol. The van der Waals surface area contributed by atoms with Crippen molar-refractivity contribution >= 4 is 23.7 Å². The fourth-order valence-corrected chi connectivity index (χ4v) is 3.68. The maximum absolute atomic E-state index is 2.79. The average molecular weight is 483 g/mol. The summed E-state index contributed by atoms with van der Waals surface area (Å²) in [5.74, 6) is 0. The van der Waals surface area contributed by atoms with Crippen molar-refractivity contribution in [3.63, 3.8) is 0 Å². The number of unbranched alkanes of at least 4 members (excludes halogenated alkanes) is 15. The molecular weight excluding hydrogens is 430 g/mol. The third-order valence-electron chi connectivity index (χ3n) is 5.48. The van der Waals surface area contributed by atoms with Gasteiger partial charge in [-0.3, -0.25) is 0 Å². The summed E-state index contributed by atoms with van der Waals surface area (Å²) >= 11 is 0. The molecule has 1 nitrogen and oxygen atoms in total. The summed E-state index contributed by atoms with van der Waals surface area (Å²) in [5.41, 5.74) is 0. The molecule has 0 aliphatic heterocycles. The van der Waals surface area contributed by atoms with E-state index in [1.54, 1.807) is 0 Å². The SMILES string of the molecule is CCCCCCCCN(CCCCCCCC)CCCCCCCC.[TeH2]. The normalized spacial score (nSPS) is 11.1. The summed E-state index contributed by atoms with van der Waals surface area (Å²) in [6.07, 6.45) is 25.7. The number of hydrogen-bond donors (Lipinski definition) is 0. The van der Waals surface area contributed by atoms with E-state index in [1.165, 1.54) is 135 Å². The Morgan fingerprint density at radius 3 is 0.846 bits per heavy atom. The Hall–Kier alpha value is 0.750. The van der Waals surface area contributed by atoms with Gasteiger partial charge in [0, 0.05) is 0 Å². The van der Waals surface area contributed by atoms with E-state index in [2.05, 4.69) is 25.7 Å². The zero-order valence-corrected chi connectivity index (χ0v) is 21.7. The van der Waals surface area contributed by atoms with Gasteiger partial charge < -0.3 is 4.90 Å². The molecule has 0 aromatic carbocycles. The van der Waals surface area contributed by atoms with E-state index in [0.29, 0.717) is 0 Å². The molecule has 0 saturated heterocycles. The molecule has 0 unspecified atom stereocenters. The topological polar surface area (TPSA) is 3.24 Å². The Labute approximate surface area is 184 Å². The van der Waals surface area contributed by atoms with Gasteiger partial charge in [-0.1, -0.05) is 117 Å². The number of rotatable bonds is 21. The third kappa shape index (κ3) is 22.8. The first-order valence-corrected chi connectivity index (χ1v) is 12.1. The van der Waals surface area contributed by atoms with Gasteiger partial charge in [0.15, 0.2) is 0 Å². The molecule has 0 radical (unpaired) electrons. The zero-order chi connectivity index (χ0) is 18.4. The molecule has 26 heavy (non-hydrogen) atoms. The van der Waals surface area contributed by atoms with Crippen molar-refractivity contribution in [3.8, 4) is 0 Å². The summed E-state index contributed by atoms with van der Waals surface area (Å²) in [4.78, 5) is 2.79. The Balaban J connectivity index is 0. The van der Waals surface area contributed by atoms with E-state index >= 15 is 0 Å². The van der Waals surface area contributed by atoms with Gasteiger partial charge in [0.2, 0.25) is 0 Å². The van der Waals surface area contributed by atoms with Crippen molar-refractivity contribution in [2.24, 2.45) is 0 Å². The van der Waals surface area contributed by atoms with Crippen LogP contribution in [0.3, 0.4) is 0 Å². The van der Waals surface area contributed by atoms with Crippen molar-refractivity contribution in [2.45, 2.75) is 136 Å². The van der Waals surface area contributed by atoms with Crippen molar-refractivity contribution < 1.29 is 0 Å². The van der Waals surface area contributed by atoms with Crippen LogP contribution in [0.15, 0.2) is 0 Å². The Kier molecular flexibility index (Phi) is 28.7. The van der Waals surface area contributed by atoms with Crippen LogP contribution < -0.4 is 0 Å². The van der Waals surface area contributed by atoms with Crippen LogP contribution in [0.25, 0.3) is 0 Å². The second-order valence-electron chi connectivity index (χ2n) is 8.14. The first-order chi connectivity index (χ1) is 12.3. The van der Waals surface area contributed by atoms with Crippen molar-refractivity contribution in [3.05, 3.63) is 0 Å². The van der Waals surface area contributed by atoms with Crippen molar-refractivity contribution in [1.29, 1.82) is 0 Å². The molecule has 0 fully saturated rings. The van der Waals surface area contributed by atoms with Crippen LogP contribution in [0, 0.1) is 0 Å². The summed E-state index contributed by atoms with van der Waals surface area (Å²) in [6.45, 7) is 11.0. The van der Waals surface area contributed by atoms with Gasteiger partial charge in [-0.05, 0) is 38.9 Å². The number of hydrogen-bond acceptors (Lipinski definition) is 1. The molecule has 0 aliphatic rings. The summed E-state index contributed by atoms with van der Waals surface area (Å²) in [6, 6.07) is 0. The van der Waals surface area contributed by atoms with Gasteiger partial charge in [0.05, 0.1) is 0 Å². The van der Waals surface area contributed by atoms with Gasteiger partial charge in [-0.2, -0.15) is 0 Å². The Morgan fingerprint density at radius 1 is 0.346 bits per heavy atom. The van der Waals surface area contributed by atoms with E-state index < -0.39 is 0 Å². The molecule has 0 aliphatic carbocycles. The molecule has 0 atom stereocenters. The monoisotopic (exact) mass is 485 g/mol. The molecule has 0 aromatic rings. The van der Waals surface area contributed by atoms with E-state index in [0.717, 1.165) is 0 Å². The van der Waals surface area contributed by atoms with Crippen LogP contribution in [0.2, 0.25) is 0 Å². The minimum absolute atomic E-state index is 0. The molecule has 0 saturated carbocycles. The van der Waals surface area contributed by atoms with Gasteiger partial charge in [0.25, 0.3) is 0 Å². The Bertz CT molecular complexity index is 194. The van der Waals surface area contributed by atoms with Crippen molar-refractivity contribution in [1.82, 2.24) is 4.90 Å². The quantitative estimate of drug-likeness (QED) is 0.121. The molecular formula is C24H53NTe. The van der Waals surface area contributed by atoms with E-state index in [1.807, 2.05) is 0 Å². The van der Waals surface area contributed by atoms with Gasteiger partial charge in [-0.25, -0.2) is 0 Å². The van der Waals surface area contributed by atoms with Gasteiger partial charge in [-0.15, -0.1) is 0 Å². The van der Waals surface area contributed by atoms with Gasteiger partial charge in [0.1, 0.15) is 0 Å². The first kappa shape index (κ1) is 29.0. The van der Waals surface area contributed by atoms with Crippen LogP contribution in [0.4, 0.5) is 0 Å². The van der Waals surface area contributed by atoms with Crippen molar-refractivity contribution in [2.75, 3.05) is 19.6 Å². The van der Waals surface area contributed by atoms with Crippen LogP contribution in [0.5, 0.6) is 0 Å². The van der Waals surface area contributed by atoms with E-state index in [4.69, 9.17) is 0 Å². The first-order valence-electron chi connectivity index (χ1n) is 12.1. The molecule has 0 N–H and O–H groups in total. The molecule has 2 heteroatoms. The van der Waals surface area contributed by atoms with Crippen LogP contribution in [-0.2, 0) is 0 Å². The molecule has 0 amide bonds. The summed E-state index contributed by atoms with van der Waals surface area (Å²) < 4.78 is 0. The molecule has 0 aromatic heterocycles. The molecule has 160 valence electrons. The summed E-state index contributed by atoms with van der Waals surface area (Å²) in [5, 5.41) is 0. The fourth-order valence-electron chi connectivity index (χ4n) is 3.68. The summed E-state index contributed by atoms with van der Waals surface area (Å²) in [7, 11) is 0. The third-order valence-corrected chi connectivity index (χ3v) is 5.48. The second-order valence-corrected chi connectivity index (χ2v) is 8.14. The second kappa shape index (κ2) is 25.7. The number of nitrogens with zero attached hydrogens (tertiary/aromatic N) is 1. The predicted octanol–water partition coefficient (Wildman–Crippen LogP) is 7.45. The molecule has 0 spiro atoms. The van der Waals surface area contributed by atoms with Gasteiger partial charge >= 0.3 is 23.7 Å². The van der Waals surface area contributed by atoms with Crippen LogP contribution >= 0.6 is 0 Å². The van der Waals surface area contributed by atoms with E-state index in [9.17, 15) is 0 Å².